The van der Waals surface area contributed by atoms with Gasteiger partial charge in [0.1, 0.15) is 11.7 Å². The second-order valence-electron chi connectivity index (χ2n) is 3.32. The topological polar surface area (TPSA) is 65.2 Å². The van der Waals surface area contributed by atoms with Gasteiger partial charge < -0.3 is 10.5 Å². The summed E-state index contributed by atoms with van der Waals surface area (Å²) in [6.45, 7) is 0. The molecule has 1 amide bonds. The molecule has 0 saturated carbocycles. The van der Waals surface area contributed by atoms with Crippen molar-refractivity contribution in [2.24, 2.45) is 5.73 Å². The van der Waals surface area contributed by atoms with Gasteiger partial charge in [0.2, 0.25) is 5.88 Å². The first-order valence-corrected chi connectivity index (χ1v) is 5.92. The van der Waals surface area contributed by atoms with E-state index < -0.39 is 5.91 Å². The van der Waals surface area contributed by atoms with Crippen molar-refractivity contribution in [1.29, 1.82) is 0 Å². The Bertz CT molecular complexity index is 364. The summed E-state index contributed by atoms with van der Waals surface area (Å²) < 4.78 is 5.63. The Morgan fingerprint density at radius 2 is 2.53 bits per heavy atom. The van der Waals surface area contributed by atoms with E-state index >= 15 is 0 Å². The van der Waals surface area contributed by atoms with Crippen molar-refractivity contribution in [2.75, 3.05) is 11.5 Å². The summed E-state index contributed by atoms with van der Waals surface area (Å²) in [7, 11) is 0. The molecule has 2 N–H and O–H groups in total. The number of carbonyl (C=O) groups is 1. The maximum absolute atomic E-state index is 11.1. The van der Waals surface area contributed by atoms with Gasteiger partial charge in [0.25, 0.3) is 5.91 Å². The molecular formula is C10H12N2O2S. The van der Waals surface area contributed by atoms with Crippen molar-refractivity contribution in [3.8, 4) is 5.88 Å². The second kappa shape index (κ2) is 4.53. The lowest BCUT2D eigenvalue weighted by molar-refractivity contribution is 0.0992. The summed E-state index contributed by atoms with van der Waals surface area (Å²) in [4.78, 5) is 15.1. The van der Waals surface area contributed by atoms with Crippen LogP contribution in [0.25, 0.3) is 0 Å². The molecule has 1 aromatic heterocycles. The number of aromatic nitrogens is 1. The number of ether oxygens (including phenoxy) is 1. The third kappa shape index (κ3) is 2.41. The minimum absolute atomic E-state index is 0.156. The van der Waals surface area contributed by atoms with Crippen LogP contribution < -0.4 is 10.5 Å². The molecule has 0 aliphatic carbocycles. The van der Waals surface area contributed by atoms with Gasteiger partial charge in [-0.2, -0.15) is 11.8 Å². The van der Waals surface area contributed by atoms with Crippen LogP contribution in [-0.4, -0.2) is 28.5 Å². The van der Waals surface area contributed by atoms with Crippen molar-refractivity contribution in [2.45, 2.75) is 12.5 Å². The highest BCUT2D eigenvalue weighted by Crippen LogP contribution is 2.23. The zero-order valence-electron chi connectivity index (χ0n) is 8.18. The van der Waals surface area contributed by atoms with E-state index in [1.807, 2.05) is 11.8 Å². The first-order chi connectivity index (χ1) is 7.27. The summed E-state index contributed by atoms with van der Waals surface area (Å²) in [5, 5.41) is 0. The van der Waals surface area contributed by atoms with E-state index in [-0.39, 0.29) is 6.10 Å². The van der Waals surface area contributed by atoms with Crippen LogP contribution in [0.4, 0.5) is 0 Å². The predicted molar refractivity (Wildman–Crippen MR) is 59.1 cm³/mol. The number of pyridine rings is 1. The zero-order valence-corrected chi connectivity index (χ0v) is 9.00. The van der Waals surface area contributed by atoms with E-state index in [2.05, 4.69) is 4.98 Å². The van der Waals surface area contributed by atoms with Gasteiger partial charge in [-0.05, 0) is 24.3 Å². The quantitative estimate of drug-likeness (QED) is 0.834. The largest absolute Gasteiger partial charge is 0.473 e. The van der Waals surface area contributed by atoms with Crippen LogP contribution in [0.1, 0.15) is 16.8 Å². The SMILES string of the molecule is NC(=O)c1cccnc1OC1CCSC1. The molecule has 2 rings (SSSR count). The van der Waals surface area contributed by atoms with Crippen molar-refractivity contribution < 1.29 is 9.53 Å². The molecule has 5 heteroatoms. The van der Waals surface area contributed by atoms with Gasteiger partial charge in [-0.15, -0.1) is 0 Å². The zero-order chi connectivity index (χ0) is 10.7. The lowest BCUT2D eigenvalue weighted by Gasteiger charge is -2.12. The van der Waals surface area contributed by atoms with E-state index in [4.69, 9.17) is 10.5 Å². The highest BCUT2D eigenvalue weighted by Gasteiger charge is 2.20. The molecule has 0 radical (unpaired) electrons. The van der Waals surface area contributed by atoms with Crippen molar-refractivity contribution in [3.63, 3.8) is 0 Å². The lowest BCUT2D eigenvalue weighted by atomic mass is 10.2. The van der Waals surface area contributed by atoms with Crippen molar-refractivity contribution >= 4 is 17.7 Å². The lowest BCUT2D eigenvalue weighted by Crippen LogP contribution is -2.20. The number of nitrogens with zero attached hydrogens (tertiary/aromatic N) is 1. The van der Waals surface area contributed by atoms with Crippen LogP contribution in [0.3, 0.4) is 0 Å². The van der Waals surface area contributed by atoms with Gasteiger partial charge in [0.15, 0.2) is 0 Å². The minimum atomic E-state index is -0.497. The van der Waals surface area contributed by atoms with E-state index in [1.54, 1.807) is 18.3 Å². The normalized spacial score (nSPS) is 20.1. The molecule has 15 heavy (non-hydrogen) atoms. The number of amides is 1. The maximum Gasteiger partial charge on any atom is 0.254 e. The van der Waals surface area contributed by atoms with Crippen molar-refractivity contribution in [3.05, 3.63) is 23.9 Å². The van der Waals surface area contributed by atoms with Gasteiger partial charge in [-0.3, -0.25) is 4.79 Å². The first kappa shape index (κ1) is 10.3. The summed E-state index contributed by atoms with van der Waals surface area (Å²) in [5.74, 6) is 1.92. The molecule has 1 aromatic rings. The number of nitrogens with two attached hydrogens (primary N) is 1. The number of hydrogen-bond donors (Lipinski definition) is 1. The van der Waals surface area contributed by atoms with Crippen LogP contribution in [0.5, 0.6) is 5.88 Å². The molecule has 2 heterocycles. The Balaban J connectivity index is 2.15. The van der Waals surface area contributed by atoms with Gasteiger partial charge in [-0.25, -0.2) is 4.98 Å². The number of primary amides is 1. The fourth-order valence-corrected chi connectivity index (χ4v) is 2.53. The maximum atomic E-state index is 11.1. The van der Waals surface area contributed by atoms with E-state index in [0.717, 1.165) is 17.9 Å². The highest BCUT2D eigenvalue weighted by atomic mass is 32.2. The van der Waals surface area contributed by atoms with Gasteiger partial charge >= 0.3 is 0 Å². The summed E-state index contributed by atoms with van der Waals surface area (Å²) in [6.07, 6.45) is 2.76. The molecule has 1 aliphatic rings. The molecule has 1 aliphatic heterocycles. The van der Waals surface area contributed by atoms with Crippen LogP contribution in [0.15, 0.2) is 18.3 Å². The van der Waals surface area contributed by atoms with E-state index in [1.165, 1.54) is 0 Å². The standard InChI is InChI=1S/C10H12N2O2S/c11-9(13)8-2-1-4-12-10(8)14-7-3-5-15-6-7/h1-2,4,7H,3,5-6H2,(H2,11,13). The Kier molecular flexibility index (Phi) is 3.11. The molecule has 4 nitrogen and oxygen atoms in total. The number of hydrogen-bond acceptors (Lipinski definition) is 4. The van der Waals surface area contributed by atoms with Crippen LogP contribution >= 0.6 is 11.8 Å². The van der Waals surface area contributed by atoms with Gasteiger partial charge in [0, 0.05) is 11.9 Å². The Labute approximate surface area is 92.2 Å². The monoisotopic (exact) mass is 224 g/mol. The van der Waals surface area contributed by atoms with E-state index in [0.29, 0.717) is 11.4 Å². The smallest absolute Gasteiger partial charge is 0.254 e. The molecule has 1 saturated heterocycles. The fraction of sp³-hybridized carbons (Fsp3) is 0.400. The van der Waals surface area contributed by atoms with Crippen LogP contribution in [0.2, 0.25) is 0 Å². The average Bonchev–Trinajstić information content (AvgIpc) is 2.71. The minimum Gasteiger partial charge on any atom is -0.473 e. The summed E-state index contributed by atoms with van der Waals surface area (Å²) in [6, 6.07) is 3.31. The second-order valence-corrected chi connectivity index (χ2v) is 4.47. The molecule has 1 atom stereocenters. The van der Waals surface area contributed by atoms with E-state index in [9.17, 15) is 4.79 Å². The fourth-order valence-electron chi connectivity index (χ4n) is 1.44. The molecule has 1 unspecified atom stereocenters. The number of thioether (sulfide) groups is 1. The Morgan fingerprint density at radius 3 is 3.20 bits per heavy atom. The van der Waals surface area contributed by atoms with Gasteiger partial charge in [0.05, 0.1) is 0 Å². The summed E-state index contributed by atoms with van der Waals surface area (Å²) in [5.41, 5.74) is 5.58. The summed E-state index contributed by atoms with van der Waals surface area (Å²) >= 11 is 1.85. The first-order valence-electron chi connectivity index (χ1n) is 4.76. The third-order valence-corrected chi connectivity index (χ3v) is 3.33. The number of carbonyl (C=O) groups excluding carboxylic acids is 1. The highest BCUT2D eigenvalue weighted by molar-refractivity contribution is 7.99. The van der Waals surface area contributed by atoms with Gasteiger partial charge in [-0.1, -0.05) is 0 Å². The molecule has 0 bridgehead atoms. The molecular weight excluding hydrogens is 212 g/mol. The Hall–Kier alpha value is -1.23. The van der Waals surface area contributed by atoms with Crippen LogP contribution in [0, 0.1) is 0 Å². The van der Waals surface area contributed by atoms with Crippen LogP contribution in [-0.2, 0) is 0 Å². The van der Waals surface area contributed by atoms with Crippen molar-refractivity contribution in [1.82, 2.24) is 4.98 Å². The Morgan fingerprint density at radius 1 is 1.67 bits per heavy atom. The molecule has 0 spiro atoms. The molecule has 80 valence electrons. The third-order valence-electron chi connectivity index (χ3n) is 2.20. The average molecular weight is 224 g/mol. The predicted octanol–water partition coefficient (Wildman–Crippen LogP) is 1.06. The molecule has 1 fully saturated rings. The number of rotatable bonds is 3. The molecule has 0 aromatic carbocycles.